The van der Waals surface area contributed by atoms with Gasteiger partial charge in [-0.15, -0.1) is 0 Å². The Balaban J connectivity index is 4.23. The lowest BCUT2D eigenvalue weighted by Gasteiger charge is -2.18. The average molecular weight is 1130 g/mol. The summed E-state index contributed by atoms with van der Waals surface area (Å²) in [4.78, 5) is 38.3. The van der Waals surface area contributed by atoms with Crippen LogP contribution in [-0.2, 0) is 28.6 Å². The third-order valence-electron chi connectivity index (χ3n) is 15.7. The van der Waals surface area contributed by atoms with Crippen LogP contribution in [0.3, 0.4) is 0 Å². The second kappa shape index (κ2) is 69.3. The monoisotopic (exact) mass is 1130 g/mol. The minimum absolute atomic E-state index is 0.104. The van der Waals surface area contributed by atoms with Crippen molar-refractivity contribution in [2.75, 3.05) is 13.2 Å². The zero-order chi connectivity index (χ0) is 58.5. The molecule has 1 atom stereocenters. The summed E-state index contributed by atoms with van der Waals surface area (Å²) in [5, 5.41) is 0. The molecule has 81 heavy (non-hydrogen) atoms. The quantitative estimate of drug-likeness (QED) is 0.0261. The van der Waals surface area contributed by atoms with E-state index in [-0.39, 0.29) is 31.6 Å². The highest BCUT2D eigenvalue weighted by molar-refractivity contribution is 5.72. The number of unbranched alkanes of at least 4 members (excludes halogenated alkanes) is 43. The van der Waals surface area contributed by atoms with Crippen LogP contribution < -0.4 is 0 Å². The maximum absolute atomic E-state index is 12.9. The second-order valence-electron chi connectivity index (χ2n) is 23.8. The summed E-state index contributed by atoms with van der Waals surface area (Å²) in [7, 11) is 0. The zero-order valence-electron chi connectivity index (χ0n) is 54.1. The maximum atomic E-state index is 12.9. The fourth-order valence-electron chi connectivity index (χ4n) is 10.5. The van der Waals surface area contributed by atoms with E-state index in [1.54, 1.807) is 6.08 Å². The van der Waals surface area contributed by atoms with E-state index in [0.29, 0.717) is 12.8 Å². The first-order chi connectivity index (χ1) is 40.0. The van der Waals surface area contributed by atoms with E-state index < -0.39 is 12.1 Å². The van der Waals surface area contributed by atoms with Crippen molar-refractivity contribution in [1.82, 2.24) is 0 Å². The van der Waals surface area contributed by atoms with Crippen LogP contribution in [-0.4, -0.2) is 37.2 Å². The number of hydrogen-bond acceptors (Lipinski definition) is 6. The van der Waals surface area contributed by atoms with E-state index in [0.717, 1.165) is 70.6 Å². The molecule has 0 rings (SSSR count). The van der Waals surface area contributed by atoms with E-state index in [4.69, 9.17) is 14.2 Å². The molecule has 0 fully saturated rings. The molecule has 0 saturated heterocycles. The highest BCUT2D eigenvalue weighted by Crippen LogP contribution is 2.18. The van der Waals surface area contributed by atoms with Gasteiger partial charge in [0.2, 0.25) is 0 Å². The van der Waals surface area contributed by atoms with Gasteiger partial charge in [-0.1, -0.05) is 351 Å². The van der Waals surface area contributed by atoms with Crippen molar-refractivity contribution in [1.29, 1.82) is 0 Å². The van der Waals surface area contributed by atoms with Crippen molar-refractivity contribution in [3.05, 3.63) is 72.9 Å². The molecule has 0 saturated carbocycles. The number of hydrogen-bond donors (Lipinski definition) is 0. The predicted octanol–water partition coefficient (Wildman–Crippen LogP) is 24.4. The number of carbonyl (C=O) groups is 3. The van der Waals surface area contributed by atoms with E-state index in [9.17, 15) is 14.4 Å². The second-order valence-corrected chi connectivity index (χ2v) is 23.8. The molecular formula is C75H134O6. The molecule has 0 amide bonds. The van der Waals surface area contributed by atoms with Gasteiger partial charge in [0.05, 0.1) is 6.42 Å². The molecule has 0 heterocycles. The molecule has 0 aliphatic heterocycles. The normalized spacial score (nSPS) is 12.5. The molecule has 6 nitrogen and oxygen atoms in total. The van der Waals surface area contributed by atoms with Crippen molar-refractivity contribution in [3.63, 3.8) is 0 Å². The summed E-state index contributed by atoms with van der Waals surface area (Å²) >= 11 is 0. The Hall–Kier alpha value is -3.15. The molecule has 0 bridgehead atoms. The highest BCUT2D eigenvalue weighted by Gasteiger charge is 2.19. The van der Waals surface area contributed by atoms with Crippen LogP contribution in [0.4, 0.5) is 0 Å². The first kappa shape index (κ1) is 77.9. The van der Waals surface area contributed by atoms with E-state index in [1.165, 1.54) is 257 Å². The molecule has 0 aromatic heterocycles. The summed E-state index contributed by atoms with van der Waals surface area (Å²) in [6.45, 7) is 6.48. The summed E-state index contributed by atoms with van der Waals surface area (Å²) in [5.41, 5.74) is 0. The largest absolute Gasteiger partial charge is 0.462 e. The van der Waals surface area contributed by atoms with Crippen molar-refractivity contribution in [2.45, 2.75) is 374 Å². The minimum Gasteiger partial charge on any atom is -0.462 e. The Labute approximate surface area is 503 Å². The molecule has 470 valence electrons. The number of rotatable bonds is 65. The van der Waals surface area contributed by atoms with Crippen molar-refractivity contribution >= 4 is 17.9 Å². The Morgan fingerprint density at radius 1 is 0.272 bits per heavy atom. The maximum Gasteiger partial charge on any atom is 0.309 e. The topological polar surface area (TPSA) is 78.9 Å². The van der Waals surface area contributed by atoms with Crippen LogP contribution in [0.15, 0.2) is 72.9 Å². The molecule has 1 unspecified atom stereocenters. The van der Waals surface area contributed by atoms with E-state index in [2.05, 4.69) is 81.5 Å². The van der Waals surface area contributed by atoms with Crippen molar-refractivity contribution in [2.24, 2.45) is 0 Å². The molecule has 0 aromatic carbocycles. The molecule has 0 spiro atoms. The van der Waals surface area contributed by atoms with Crippen LogP contribution in [0.1, 0.15) is 367 Å². The molecule has 0 N–H and O–H groups in total. The average Bonchev–Trinajstić information content (AvgIpc) is 3.47. The van der Waals surface area contributed by atoms with E-state index >= 15 is 0 Å². The molecule has 6 heteroatoms. The summed E-state index contributed by atoms with van der Waals surface area (Å²) in [6.07, 6.45) is 91.2. The molecular weight excluding hydrogens is 997 g/mol. The van der Waals surface area contributed by atoms with Crippen LogP contribution in [0.5, 0.6) is 0 Å². The molecule has 0 aliphatic rings. The Bertz CT molecular complexity index is 1490. The van der Waals surface area contributed by atoms with Crippen molar-refractivity contribution < 1.29 is 28.6 Å². The van der Waals surface area contributed by atoms with Crippen LogP contribution >= 0.6 is 0 Å². The molecule has 0 radical (unpaired) electrons. The van der Waals surface area contributed by atoms with Gasteiger partial charge in [-0.3, -0.25) is 14.4 Å². The predicted molar refractivity (Wildman–Crippen MR) is 353 cm³/mol. The number of allylic oxidation sites excluding steroid dienone is 11. The van der Waals surface area contributed by atoms with Gasteiger partial charge in [0.15, 0.2) is 6.10 Å². The van der Waals surface area contributed by atoms with Gasteiger partial charge in [-0.25, -0.2) is 0 Å². The Morgan fingerprint density at radius 2 is 0.531 bits per heavy atom. The van der Waals surface area contributed by atoms with Crippen LogP contribution in [0.25, 0.3) is 0 Å². The molecule has 0 aliphatic carbocycles. The van der Waals surface area contributed by atoms with Gasteiger partial charge in [0.1, 0.15) is 13.2 Å². The summed E-state index contributed by atoms with van der Waals surface area (Å²) in [5.74, 6) is -1.02. The fraction of sp³-hybridized carbons (Fsp3) is 0.800. The highest BCUT2D eigenvalue weighted by atomic mass is 16.6. The minimum atomic E-state index is -0.818. The number of esters is 3. The first-order valence-corrected chi connectivity index (χ1v) is 35.4. The lowest BCUT2D eigenvalue weighted by atomic mass is 10.0. The van der Waals surface area contributed by atoms with Crippen molar-refractivity contribution in [3.8, 4) is 0 Å². The van der Waals surface area contributed by atoms with E-state index in [1.807, 2.05) is 6.08 Å². The van der Waals surface area contributed by atoms with Crippen LogP contribution in [0.2, 0.25) is 0 Å². The van der Waals surface area contributed by atoms with Crippen LogP contribution in [0, 0.1) is 0 Å². The van der Waals surface area contributed by atoms with Gasteiger partial charge in [-0.2, -0.15) is 0 Å². The first-order valence-electron chi connectivity index (χ1n) is 35.4. The standard InChI is InChI=1S/C75H134O6/c1-4-7-10-13-16-19-22-25-28-30-31-32-33-34-35-36-37-38-39-40-41-42-43-45-47-50-53-56-59-62-65-68-74(77)80-71-72(70-79-73(76)67-64-61-58-55-52-49-46-27-24-21-18-15-12-9-6-3)81-75(78)69-66-63-60-57-54-51-48-44-29-26-23-20-17-14-11-8-5-2/h9,12,18,21,26-27,29,46,52,55,61,64,72H,4-8,10-11,13-17,19-20,22-25,28,30-45,47-51,53-54,56-60,62-63,65-71H2,1-3H3/b12-9-,21-18-,29-26-,46-27-,55-52-,64-61-. The number of carbonyl (C=O) groups excluding carboxylic acids is 3. The zero-order valence-corrected chi connectivity index (χ0v) is 54.1. The Morgan fingerprint density at radius 3 is 0.852 bits per heavy atom. The summed E-state index contributed by atoms with van der Waals surface area (Å²) < 4.78 is 16.9. The lowest BCUT2D eigenvalue weighted by molar-refractivity contribution is -0.166. The van der Waals surface area contributed by atoms with Gasteiger partial charge >= 0.3 is 17.9 Å². The van der Waals surface area contributed by atoms with Gasteiger partial charge in [0.25, 0.3) is 0 Å². The SMILES string of the molecule is CC/C=C\C/C=C\C/C=C\C/C=C\C/C=C\CC(=O)OCC(COC(=O)CCCCCCCCCCCCCCCCCCCCCCCCCCCCCCCCC)OC(=O)CCCCCCCCC/C=C\CCCCCCCC. The number of ether oxygens (including phenoxy) is 3. The summed E-state index contributed by atoms with van der Waals surface area (Å²) in [6, 6.07) is 0. The third-order valence-corrected chi connectivity index (χ3v) is 15.7. The fourth-order valence-corrected chi connectivity index (χ4v) is 10.5. The Kier molecular flexibility index (Phi) is 66.6. The molecule has 0 aromatic rings. The lowest BCUT2D eigenvalue weighted by Crippen LogP contribution is -2.30. The van der Waals surface area contributed by atoms with Gasteiger partial charge < -0.3 is 14.2 Å². The van der Waals surface area contributed by atoms with Gasteiger partial charge in [0, 0.05) is 12.8 Å². The smallest absolute Gasteiger partial charge is 0.309 e. The van der Waals surface area contributed by atoms with Gasteiger partial charge in [-0.05, 0) is 70.6 Å². The third kappa shape index (κ3) is 67.5.